The van der Waals surface area contributed by atoms with Crippen LogP contribution in [0, 0.1) is 0 Å². The molecule has 1 aliphatic heterocycles. The lowest BCUT2D eigenvalue weighted by Gasteiger charge is -2.26. The van der Waals surface area contributed by atoms with Crippen LogP contribution in [0.3, 0.4) is 0 Å². The first kappa shape index (κ1) is 16.3. The minimum absolute atomic E-state index is 0.101. The van der Waals surface area contributed by atoms with Crippen molar-refractivity contribution in [2.75, 3.05) is 12.3 Å². The predicted octanol–water partition coefficient (Wildman–Crippen LogP) is 2.97. The maximum absolute atomic E-state index is 12.3. The molecule has 0 fully saturated rings. The fraction of sp³-hybridized carbons (Fsp3) is 0.500. The molecule has 1 aliphatic rings. The first-order chi connectivity index (χ1) is 9.58. The number of benzene rings is 1. The molecule has 1 aromatic carbocycles. The standard InChI is InChI=1S/C14H18BrNO4S/c1-14(2,3)20-13(17)16-6-7-21(18,19)12-8-11(15)5-4-10(12)9-16/h4-5,8H,6-7,9H2,1-3H3. The Hall–Kier alpha value is -1.08. The Morgan fingerprint density at radius 1 is 1.33 bits per heavy atom. The largest absolute Gasteiger partial charge is 0.444 e. The van der Waals surface area contributed by atoms with E-state index in [-0.39, 0.29) is 23.7 Å². The average molecular weight is 376 g/mol. The van der Waals surface area contributed by atoms with Gasteiger partial charge in [-0.3, -0.25) is 0 Å². The van der Waals surface area contributed by atoms with E-state index >= 15 is 0 Å². The van der Waals surface area contributed by atoms with Gasteiger partial charge in [-0.05, 0) is 38.5 Å². The van der Waals surface area contributed by atoms with E-state index in [2.05, 4.69) is 15.9 Å². The van der Waals surface area contributed by atoms with Crippen molar-refractivity contribution in [3.05, 3.63) is 28.2 Å². The SMILES string of the molecule is CC(C)(C)OC(=O)N1CCS(=O)(=O)c2cc(Br)ccc2C1. The summed E-state index contributed by atoms with van der Waals surface area (Å²) >= 11 is 3.28. The quantitative estimate of drug-likeness (QED) is 0.699. The van der Waals surface area contributed by atoms with Crippen LogP contribution in [0.15, 0.2) is 27.6 Å². The van der Waals surface area contributed by atoms with Gasteiger partial charge in [0.05, 0.1) is 17.2 Å². The molecule has 2 rings (SSSR count). The fourth-order valence-electron chi connectivity index (χ4n) is 2.06. The molecule has 0 bridgehead atoms. The molecule has 21 heavy (non-hydrogen) atoms. The zero-order valence-corrected chi connectivity index (χ0v) is 14.6. The number of fused-ring (bicyclic) bond motifs is 1. The van der Waals surface area contributed by atoms with E-state index < -0.39 is 21.5 Å². The molecule has 116 valence electrons. The number of rotatable bonds is 0. The van der Waals surface area contributed by atoms with Crippen molar-refractivity contribution >= 4 is 31.9 Å². The Bertz CT molecular complexity index is 664. The lowest BCUT2D eigenvalue weighted by molar-refractivity contribution is 0.0247. The fourth-order valence-corrected chi connectivity index (χ4v) is 4.09. The third kappa shape index (κ3) is 3.97. The zero-order chi connectivity index (χ0) is 15.8. The molecule has 0 aliphatic carbocycles. The van der Waals surface area contributed by atoms with Gasteiger partial charge in [0.2, 0.25) is 0 Å². The molecule has 1 aromatic rings. The second kappa shape index (κ2) is 5.61. The molecule has 0 unspecified atom stereocenters. The predicted molar refractivity (Wildman–Crippen MR) is 82.8 cm³/mol. The van der Waals surface area contributed by atoms with Crippen LogP contribution in [0.2, 0.25) is 0 Å². The van der Waals surface area contributed by atoms with Crippen LogP contribution in [0.5, 0.6) is 0 Å². The van der Waals surface area contributed by atoms with Gasteiger partial charge in [-0.25, -0.2) is 13.2 Å². The molecule has 0 radical (unpaired) electrons. The molecule has 1 amide bonds. The number of carbonyl (C=O) groups is 1. The van der Waals surface area contributed by atoms with E-state index in [0.717, 1.165) is 0 Å². The molecular weight excluding hydrogens is 358 g/mol. The molecule has 1 heterocycles. The average Bonchev–Trinajstić information content (AvgIpc) is 2.45. The number of carbonyl (C=O) groups excluding carboxylic acids is 1. The maximum atomic E-state index is 12.3. The molecule has 0 spiro atoms. The summed E-state index contributed by atoms with van der Waals surface area (Å²) in [6.45, 7) is 5.71. The van der Waals surface area contributed by atoms with Crippen molar-refractivity contribution in [1.29, 1.82) is 0 Å². The molecule has 7 heteroatoms. The second-order valence-electron chi connectivity index (χ2n) is 5.97. The van der Waals surface area contributed by atoms with Gasteiger partial charge >= 0.3 is 6.09 Å². The van der Waals surface area contributed by atoms with E-state index in [1.54, 1.807) is 39.0 Å². The molecule has 0 saturated carbocycles. The number of hydrogen-bond acceptors (Lipinski definition) is 4. The molecule has 0 saturated heterocycles. The van der Waals surface area contributed by atoms with Gasteiger partial charge < -0.3 is 9.64 Å². The van der Waals surface area contributed by atoms with Crippen LogP contribution in [0.25, 0.3) is 0 Å². The van der Waals surface area contributed by atoms with E-state index in [4.69, 9.17) is 4.74 Å². The lowest BCUT2D eigenvalue weighted by Crippen LogP contribution is -2.37. The number of halogens is 1. The highest BCUT2D eigenvalue weighted by Gasteiger charge is 2.30. The highest BCUT2D eigenvalue weighted by Crippen LogP contribution is 2.27. The van der Waals surface area contributed by atoms with Crippen LogP contribution >= 0.6 is 15.9 Å². The van der Waals surface area contributed by atoms with Crippen LogP contribution in [0.1, 0.15) is 26.3 Å². The van der Waals surface area contributed by atoms with Gasteiger partial charge in [0.25, 0.3) is 0 Å². The van der Waals surface area contributed by atoms with Crippen molar-refractivity contribution in [3.8, 4) is 0 Å². The van der Waals surface area contributed by atoms with E-state index in [9.17, 15) is 13.2 Å². The maximum Gasteiger partial charge on any atom is 0.410 e. The zero-order valence-electron chi connectivity index (χ0n) is 12.2. The highest BCUT2D eigenvalue weighted by molar-refractivity contribution is 9.10. The van der Waals surface area contributed by atoms with Gasteiger partial charge in [0, 0.05) is 11.0 Å². The van der Waals surface area contributed by atoms with Gasteiger partial charge in [-0.1, -0.05) is 22.0 Å². The van der Waals surface area contributed by atoms with Crippen molar-refractivity contribution in [1.82, 2.24) is 4.90 Å². The van der Waals surface area contributed by atoms with E-state index in [0.29, 0.717) is 10.0 Å². The third-order valence-corrected chi connectivity index (χ3v) is 5.27. The lowest BCUT2D eigenvalue weighted by atomic mass is 10.2. The summed E-state index contributed by atoms with van der Waals surface area (Å²) in [5, 5.41) is 0. The second-order valence-corrected chi connectivity index (χ2v) is 8.97. The number of hydrogen-bond donors (Lipinski definition) is 0. The molecule has 5 nitrogen and oxygen atoms in total. The van der Waals surface area contributed by atoms with Crippen molar-refractivity contribution < 1.29 is 17.9 Å². The van der Waals surface area contributed by atoms with Crippen LogP contribution in [-0.4, -0.2) is 37.3 Å². The van der Waals surface area contributed by atoms with Crippen molar-refractivity contribution in [3.63, 3.8) is 0 Å². The van der Waals surface area contributed by atoms with Gasteiger partial charge in [0.15, 0.2) is 9.84 Å². The first-order valence-electron chi connectivity index (χ1n) is 6.58. The van der Waals surface area contributed by atoms with Crippen LogP contribution in [0.4, 0.5) is 4.79 Å². The van der Waals surface area contributed by atoms with E-state index in [1.807, 2.05) is 0 Å². The topological polar surface area (TPSA) is 63.7 Å². The van der Waals surface area contributed by atoms with Gasteiger partial charge in [0.1, 0.15) is 5.60 Å². The molecule has 0 N–H and O–H groups in total. The van der Waals surface area contributed by atoms with Crippen LogP contribution < -0.4 is 0 Å². The number of nitrogens with zero attached hydrogens (tertiary/aromatic N) is 1. The minimum Gasteiger partial charge on any atom is -0.444 e. The van der Waals surface area contributed by atoms with Crippen molar-refractivity contribution in [2.24, 2.45) is 0 Å². The highest BCUT2D eigenvalue weighted by atomic mass is 79.9. The smallest absolute Gasteiger partial charge is 0.410 e. The minimum atomic E-state index is -3.39. The number of ether oxygens (including phenoxy) is 1. The number of amides is 1. The Morgan fingerprint density at radius 3 is 2.62 bits per heavy atom. The summed E-state index contributed by atoms with van der Waals surface area (Å²) in [6, 6.07) is 5.08. The summed E-state index contributed by atoms with van der Waals surface area (Å²) in [5.74, 6) is -0.101. The van der Waals surface area contributed by atoms with Crippen molar-refractivity contribution in [2.45, 2.75) is 37.8 Å². The molecular formula is C14H18BrNO4S. The first-order valence-corrected chi connectivity index (χ1v) is 9.02. The molecule has 0 atom stereocenters. The van der Waals surface area contributed by atoms with Crippen LogP contribution in [-0.2, 0) is 21.1 Å². The number of sulfone groups is 1. The normalized spacial score (nSPS) is 17.8. The summed E-state index contributed by atoms with van der Waals surface area (Å²) < 4.78 is 30.6. The Labute approximate surface area is 133 Å². The van der Waals surface area contributed by atoms with Gasteiger partial charge in [-0.2, -0.15) is 0 Å². The van der Waals surface area contributed by atoms with Gasteiger partial charge in [-0.15, -0.1) is 0 Å². The van der Waals surface area contributed by atoms with E-state index in [1.165, 1.54) is 4.90 Å². The third-order valence-electron chi connectivity index (χ3n) is 3.01. The summed E-state index contributed by atoms with van der Waals surface area (Å²) in [5.41, 5.74) is 0.00621. The summed E-state index contributed by atoms with van der Waals surface area (Å²) in [6.07, 6.45) is -0.492. The monoisotopic (exact) mass is 375 g/mol. The summed E-state index contributed by atoms with van der Waals surface area (Å²) in [7, 11) is -3.39. The Morgan fingerprint density at radius 2 is 2.00 bits per heavy atom. The Balaban J connectivity index is 2.33. The molecule has 0 aromatic heterocycles. The summed E-state index contributed by atoms with van der Waals surface area (Å²) in [4.78, 5) is 13.9. The Kier molecular flexibility index (Phi) is 4.35.